The minimum Gasteiger partial charge on any atom is -0.462 e. The Labute approximate surface area is 145 Å². The Morgan fingerprint density at radius 2 is 1.88 bits per heavy atom. The highest BCUT2D eigenvalue weighted by Gasteiger charge is 2.22. The highest BCUT2D eigenvalue weighted by atomic mass is 16.5. The summed E-state index contributed by atoms with van der Waals surface area (Å²) in [6.07, 6.45) is -1.13. The van der Waals surface area contributed by atoms with Gasteiger partial charge in [-0.2, -0.15) is 0 Å². The van der Waals surface area contributed by atoms with Crippen molar-refractivity contribution in [2.24, 2.45) is 0 Å². The van der Waals surface area contributed by atoms with Crippen molar-refractivity contribution in [3.8, 4) is 0 Å². The summed E-state index contributed by atoms with van der Waals surface area (Å²) >= 11 is 0. The zero-order chi connectivity index (χ0) is 19.1. The maximum atomic E-state index is 12.1. The molecule has 0 aliphatic carbocycles. The normalized spacial score (nSPS) is 11.4. The number of imide groups is 1. The van der Waals surface area contributed by atoms with Gasteiger partial charge in [0.2, 0.25) is 0 Å². The lowest BCUT2D eigenvalue weighted by molar-refractivity contribution is -0.155. The van der Waals surface area contributed by atoms with Gasteiger partial charge in [0.05, 0.1) is 12.2 Å². The van der Waals surface area contributed by atoms with Crippen LogP contribution in [0, 0.1) is 13.8 Å². The average Bonchev–Trinajstić information content (AvgIpc) is 2.82. The molecule has 0 unspecified atom stereocenters. The first-order chi connectivity index (χ1) is 11.7. The number of ether oxygens (including phenoxy) is 2. The number of rotatable bonds is 6. The first-order valence-corrected chi connectivity index (χ1v) is 7.77. The van der Waals surface area contributed by atoms with Gasteiger partial charge in [-0.1, -0.05) is 0 Å². The van der Waals surface area contributed by atoms with E-state index in [1.165, 1.54) is 14.0 Å². The van der Waals surface area contributed by atoms with Gasteiger partial charge in [0.25, 0.3) is 5.91 Å². The Bertz CT molecular complexity index is 680. The molecule has 1 aromatic rings. The van der Waals surface area contributed by atoms with Crippen LogP contribution in [0.2, 0.25) is 0 Å². The summed E-state index contributed by atoms with van der Waals surface area (Å²) in [7, 11) is 1.36. The van der Waals surface area contributed by atoms with Crippen LogP contribution >= 0.6 is 0 Å². The third kappa shape index (κ3) is 5.33. The summed E-state index contributed by atoms with van der Waals surface area (Å²) in [5.74, 6) is -1.87. The standard InChI is InChI=1S/C16H23N3O6/c1-6-24-15(22)12-7-9(2)19(10(12)3)8-13(20)25-11(4)14(21)18-16(23)17-5/h7,11H,6,8H2,1-5H3,(H2,17,18,21,23)/t11-/m0/s1. The SMILES string of the molecule is CCOC(=O)c1cc(C)n(CC(=O)O[C@@H](C)C(=O)NC(=O)NC)c1C. The quantitative estimate of drug-likeness (QED) is 0.726. The number of urea groups is 1. The van der Waals surface area contributed by atoms with Crippen molar-refractivity contribution >= 4 is 23.9 Å². The molecule has 9 heteroatoms. The van der Waals surface area contributed by atoms with Crippen molar-refractivity contribution in [1.29, 1.82) is 0 Å². The van der Waals surface area contributed by atoms with E-state index < -0.39 is 30.0 Å². The maximum absolute atomic E-state index is 12.1. The number of hydrogen-bond acceptors (Lipinski definition) is 6. The molecule has 9 nitrogen and oxygen atoms in total. The fraction of sp³-hybridized carbons (Fsp3) is 0.500. The molecule has 0 saturated heterocycles. The van der Waals surface area contributed by atoms with E-state index in [9.17, 15) is 19.2 Å². The fourth-order valence-corrected chi connectivity index (χ4v) is 2.15. The van der Waals surface area contributed by atoms with E-state index in [-0.39, 0.29) is 13.2 Å². The Kier molecular flexibility index (Phi) is 7.16. The van der Waals surface area contributed by atoms with E-state index in [1.54, 1.807) is 31.4 Å². The zero-order valence-corrected chi connectivity index (χ0v) is 15.0. The van der Waals surface area contributed by atoms with Crippen molar-refractivity contribution in [2.45, 2.75) is 40.3 Å². The molecule has 0 radical (unpaired) electrons. The molecule has 0 fully saturated rings. The molecule has 0 aliphatic rings. The molecule has 138 valence electrons. The number of nitrogens with one attached hydrogen (secondary N) is 2. The smallest absolute Gasteiger partial charge is 0.339 e. The molecule has 0 bridgehead atoms. The molecule has 1 aromatic heterocycles. The van der Waals surface area contributed by atoms with Crippen LogP contribution in [0.25, 0.3) is 0 Å². The van der Waals surface area contributed by atoms with Crippen LogP contribution in [0.4, 0.5) is 4.79 Å². The van der Waals surface area contributed by atoms with Crippen molar-refractivity contribution in [2.75, 3.05) is 13.7 Å². The number of nitrogens with zero attached hydrogens (tertiary/aromatic N) is 1. The first-order valence-electron chi connectivity index (χ1n) is 7.77. The van der Waals surface area contributed by atoms with Gasteiger partial charge in [-0.15, -0.1) is 0 Å². The van der Waals surface area contributed by atoms with Gasteiger partial charge in [0, 0.05) is 18.4 Å². The lowest BCUT2D eigenvalue weighted by atomic mass is 10.2. The molecule has 1 heterocycles. The van der Waals surface area contributed by atoms with Crippen LogP contribution < -0.4 is 10.6 Å². The van der Waals surface area contributed by atoms with Crippen molar-refractivity contribution < 1.29 is 28.7 Å². The van der Waals surface area contributed by atoms with Gasteiger partial charge in [-0.3, -0.25) is 14.9 Å². The fourth-order valence-electron chi connectivity index (χ4n) is 2.15. The minimum absolute atomic E-state index is 0.172. The van der Waals surface area contributed by atoms with Crippen molar-refractivity contribution in [3.63, 3.8) is 0 Å². The van der Waals surface area contributed by atoms with Crippen LogP contribution in [-0.2, 0) is 25.6 Å². The number of esters is 2. The number of aryl methyl sites for hydroxylation is 1. The van der Waals surface area contributed by atoms with Crippen LogP contribution in [-0.4, -0.2) is 48.2 Å². The largest absolute Gasteiger partial charge is 0.462 e. The second kappa shape index (κ2) is 8.86. The monoisotopic (exact) mass is 353 g/mol. The summed E-state index contributed by atoms with van der Waals surface area (Å²) in [6, 6.07) is 0.937. The van der Waals surface area contributed by atoms with E-state index >= 15 is 0 Å². The highest BCUT2D eigenvalue weighted by Crippen LogP contribution is 2.16. The molecule has 0 aliphatic heterocycles. The van der Waals surface area contributed by atoms with Gasteiger partial charge >= 0.3 is 18.0 Å². The van der Waals surface area contributed by atoms with Crippen molar-refractivity contribution in [1.82, 2.24) is 15.2 Å². The predicted molar refractivity (Wildman–Crippen MR) is 88.0 cm³/mol. The van der Waals surface area contributed by atoms with Gasteiger partial charge in [0.15, 0.2) is 6.10 Å². The van der Waals surface area contributed by atoms with Crippen LogP contribution in [0.15, 0.2) is 6.07 Å². The molecular weight excluding hydrogens is 330 g/mol. The van der Waals surface area contributed by atoms with E-state index in [4.69, 9.17) is 9.47 Å². The lowest BCUT2D eigenvalue weighted by Gasteiger charge is -2.14. The van der Waals surface area contributed by atoms with Crippen molar-refractivity contribution in [3.05, 3.63) is 23.0 Å². The third-order valence-corrected chi connectivity index (χ3v) is 3.50. The first kappa shape index (κ1) is 20.2. The predicted octanol–water partition coefficient (Wildman–Crippen LogP) is 0.669. The zero-order valence-electron chi connectivity index (χ0n) is 15.0. The lowest BCUT2D eigenvalue weighted by Crippen LogP contribution is -2.43. The number of aromatic nitrogens is 1. The van der Waals surface area contributed by atoms with Crippen LogP contribution in [0.1, 0.15) is 35.6 Å². The molecule has 0 saturated carbocycles. The molecule has 1 atom stereocenters. The molecule has 0 aromatic carbocycles. The summed E-state index contributed by atoms with van der Waals surface area (Å²) in [6.45, 7) is 6.57. The van der Waals surface area contributed by atoms with Gasteiger partial charge in [0.1, 0.15) is 6.54 Å². The molecule has 25 heavy (non-hydrogen) atoms. The van der Waals surface area contributed by atoms with E-state index in [1.807, 2.05) is 5.32 Å². The Morgan fingerprint density at radius 3 is 2.44 bits per heavy atom. The van der Waals surface area contributed by atoms with E-state index in [2.05, 4.69) is 5.32 Å². The third-order valence-electron chi connectivity index (χ3n) is 3.50. The number of carbonyl (C=O) groups excluding carboxylic acids is 4. The van der Waals surface area contributed by atoms with Gasteiger partial charge in [-0.05, 0) is 33.8 Å². The Hall–Kier alpha value is -2.84. The Morgan fingerprint density at radius 1 is 1.24 bits per heavy atom. The molecule has 3 amide bonds. The minimum atomic E-state index is -1.13. The highest BCUT2D eigenvalue weighted by molar-refractivity contribution is 5.97. The summed E-state index contributed by atoms with van der Waals surface area (Å²) < 4.78 is 11.6. The second-order valence-electron chi connectivity index (χ2n) is 5.29. The van der Waals surface area contributed by atoms with Gasteiger partial charge in [-0.25, -0.2) is 9.59 Å². The van der Waals surface area contributed by atoms with Gasteiger partial charge < -0.3 is 19.4 Å². The summed E-state index contributed by atoms with van der Waals surface area (Å²) in [5.41, 5.74) is 1.62. The number of hydrogen-bond donors (Lipinski definition) is 2. The maximum Gasteiger partial charge on any atom is 0.339 e. The number of amides is 3. The van der Waals surface area contributed by atoms with E-state index in [0.717, 1.165) is 0 Å². The average molecular weight is 353 g/mol. The Balaban J connectivity index is 2.76. The molecule has 2 N–H and O–H groups in total. The summed E-state index contributed by atoms with van der Waals surface area (Å²) in [5, 5.41) is 4.24. The van der Waals surface area contributed by atoms with Crippen LogP contribution in [0.3, 0.4) is 0 Å². The topological polar surface area (TPSA) is 116 Å². The summed E-state index contributed by atoms with van der Waals surface area (Å²) in [4.78, 5) is 46.7. The van der Waals surface area contributed by atoms with Crippen LogP contribution in [0.5, 0.6) is 0 Å². The number of carbonyl (C=O) groups is 4. The second-order valence-corrected chi connectivity index (χ2v) is 5.29. The molecule has 0 spiro atoms. The molecular formula is C16H23N3O6. The molecule has 1 rings (SSSR count). The van der Waals surface area contributed by atoms with E-state index in [0.29, 0.717) is 17.0 Å².